The van der Waals surface area contributed by atoms with Gasteiger partial charge in [0.25, 0.3) is 0 Å². The first-order chi connectivity index (χ1) is 9.54. The second-order valence-corrected chi connectivity index (χ2v) is 5.34. The molecule has 0 aliphatic heterocycles. The van der Waals surface area contributed by atoms with Crippen LogP contribution in [0.1, 0.15) is 32.6 Å². The van der Waals surface area contributed by atoms with Crippen LogP contribution in [0, 0.1) is 5.92 Å². The fraction of sp³-hybridized carbons (Fsp3) is 0.467. The summed E-state index contributed by atoms with van der Waals surface area (Å²) in [4.78, 5) is 16.4. The van der Waals surface area contributed by atoms with Gasteiger partial charge < -0.3 is 15.6 Å². The van der Waals surface area contributed by atoms with Gasteiger partial charge in [0.05, 0.1) is 17.6 Å². The van der Waals surface area contributed by atoms with E-state index in [2.05, 4.69) is 34.8 Å². The third kappa shape index (κ3) is 4.35. The van der Waals surface area contributed by atoms with Gasteiger partial charge in [-0.25, -0.2) is 4.98 Å². The van der Waals surface area contributed by atoms with Crippen LogP contribution in [0.5, 0.6) is 0 Å². The number of rotatable bonds is 5. The standard InChI is InChI=1S/C15H22N4O.2ClH/c1-10(2)19-13-7-5-4-6-12(13)18-14(19)9-17-15(20)11(3)8-16;;/h4-7,10-11H,8-9,16H2,1-3H3,(H,17,20);2*1H. The molecule has 0 saturated carbocycles. The van der Waals surface area contributed by atoms with E-state index in [1.165, 1.54) is 0 Å². The van der Waals surface area contributed by atoms with Crippen molar-refractivity contribution in [1.29, 1.82) is 0 Å². The Morgan fingerprint density at radius 3 is 2.50 bits per heavy atom. The summed E-state index contributed by atoms with van der Waals surface area (Å²) in [6.45, 7) is 6.83. The molecule has 0 fully saturated rings. The van der Waals surface area contributed by atoms with E-state index >= 15 is 0 Å². The molecule has 1 amide bonds. The molecule has 0 spiro atoms. The van der Waals surface area contributed by atoms with Crippen LogP contribution in [0.2, 0.25) is 0 Å². The van der Waals surface area contributed by atoms with Gasteiger partial charge in [-0.3, -0.25) is 4.79 Å². The summed E-state index contributed by atoms with van der Waals surface area (Å²) in [6, 6.07) is 8.31. The van der Waals surface area contributed by atoms with E-state index in [1.54, 1.807) is 0 Å². The lowest BCUT2D eigenvalue weighted by Gasteiger charge is -2.14. The normalized spacial score (nSPS) is 11.7. The molecule has 1 aromatic heterocycles. The number of hydrogen-bond acceptors (Lipinski definition) is 3. The van der Waals surface area contributed by atoms with Crippen LogP contribution >= 0.6 is 24.8 Å². The highest BCUT2D eigenvalue weighted by Crippen LogP contribution is 2.20. The van der Waals surface area contributed by atoms with Crippen LogP contribution < -0.4 is 11.1 Å². The van der Waals surface area contributed by atoms with Crippen LogP contribution in [0.4, 0.5) is 0 Å². The third-order valence-electron chi connectivity index (χ3n) is 3.41. The van der Waals surface area contributed by atoms with Gasteiger partial charge in [0.1, 0.15) is 5.82 Å². The van der Waals surface area contributed by atoms with Crippen molar-refractivity contribution in [2.45, 2.75) is 33.4 Å². The van der Waals surface area contributed by atoms with Crippen LogP contribution in [-0.2, 0) is 11.3 Å². The predicted molar refractivity (Wildman–Crippen MR) is 94.7 cm³/mol. The molecule has 2 aromatic rings. The molecule has 5 nitrogen and oxygen atoms in total. The maximum atomic E-state index is 11.8. The Morgan fingerprint density at radius 2 is 1.91 bits per heavy atom. The van der Waals surface area contributed by atoms with E-state index in [1.807, 2.05) is 25.1 Å². The molecular weight excluding hydrogens is 323 g/mol. The zero-order chi connectivity index (χ0) is 14.7. The van der Waals surface area contributed by atoms with E-state index in [-0.39, 0.29) is 36.6 Å². The molecule has 0 bridgehead atoms. The Balaban J connectivity index is 0.00000220. The smallest absolute Gasteiger partial charge is 0.224 e. The molecule has 1 unspecified atom stereocenters. The zero-order valence-corrected chi connectivity index (χ0v) is 14.7. The van der Waals surface area contributed by atoms with E-state index in [0.717, 1.165) is 16.9 Å². The summed E-state index contributed by atoms with van der Waals surface area (Å²) in [6.07, 6.45) is 0. The van der Waals surface area contributed by atoms with Crippen molar-refractivity contribution < 1.29 is 4.79 Å². The topological polar surface area (TPSA) is 72.9 Å². The number of para-hydroxylation sites is 2. The quantitative estimate of drug-likeness (QED) is 0.873. The minimum atomic E-state index is -0.174. The average Bonchev–Trinajstić information content (AvgIpc) is 2.82. The maximum Gasteiger partial charge on any atom is 0.224 e. The van der Waals surface area contributed by atoms with Gasteiger partial charge in [-0.1, -0.05) is 19.1 Å². The Kier molecular flexibility index (Phi) is 8.45. The number of nitrogens with two attached hydrogens (primary N) is 1. The molecule has 0 radical (unpaired) electrons. The molecule has 22 heavy (non-hydrogen) atoms. The molecule has 2 rings (SSSR count). The number of benzene rings is 1. The molecule has 3 N–H and O–H groups in total. The minimum absolute atomic E-state index is 0. The zero-order valence-electron chi connectivity index (χ0n) is 13.1. The number of carbonyl (C=O) groups excluding carboxylic acids is 1. The first kappa shape index (κ1) is 20.7. The number of fused-ring (bicyclic) bond motifs is 1. The largest absolute Gasteiger partial charge is 0.349 e. The first-order valence-corrected chi connectivity index (χ1v) is 6.98. The summed E-state index contributed by atoms with van der Waals surface area (Å²) in [5.41, 5.74) is 7.55. The van der Waals surface area contributed by atoms with Crippen molar-refractivity contribution in [3.63, 3.8) is 0 Å². The number of hydrogen-bond donors (Lipinski definition) is 2. The molecule has 1 heterocycles. The molecule has 0 saturated heterocycles. The fourth-order valence-corrected chi connectivity index (χ4v) is 2.24. The van der Waals surface area contributed by atoms with Gasteiger partial charge in [0, 0.05) is 18.5 Å². The fourth-order valence-electron chi connectivity index (χ4n) is 2.24. The molecule has 0 aliphatic carbocycles. The second-order valence-electron chi connectivity index (χ2n) is 5.34. The first-order valence-electron chi connectivity index (χ1n) is 6.98. The van der Waals surface area contributed by atoms with Gasteiger partial charge in [0.15, 0.2) is 0 Å². The lowest BCUT2D eigenvalue weighted by atomic mass is 10.2. The van der Waals surface area contributed by atoms with E-state index in [0.29, 0.717) is 19.1 Å². The Labute approximate surface area is 143 Å². The number of nitrogens with one attached hydrogen (secondary N) is 1. The molecular formula is C15H24Cl2N4O. The van der Waals surface area contributed by atoms with Gasteiger partial charge in [0.2, 0.25) is 5.91 Å². The van der Waals surface area contributed by atoms with Crippen molar-refractivity contribution in [3.8, 4) is 0 Å². The van der Waals surface area contributed by atoms with E-state index < -0.39 is 0 Å². The summed E-state index contributed by atoms with van der Waals surface area (Å²) in [7, 11) is 0. The van der Waals surface area contributed by atoms with Crippen LogP contribution in [0.3, 0.4) is 0 Å². The van der Waals surface area contributed by atoms with E-state index in [9.17, 15) is 4.79 Å². The Hall–Kier alpha value is -1.30. The second kappa shape index (κ2) is 8.98. The molecule has 1 aromatic carbocycles. The van der Waals surface area contributed by atoms with E-state index in [4.69, 9.17) is 5.73 Å². The minimum Gasteiger partial charge on any atom is -0.349 e. The highest BCUT2D eigenvalue weighted by Gasteiger charge is 2.15. The van der Waals surface area contributed by atoms with Gasteiger partial charge in [-0.2, -0.15) is 0 Å². The van der Waals surface area contributed by atoms with Crippen molar-refractivity contribution in [1.82, 2.24) is 14.9 Å². The van der Waals surface area contributed by atoms with Gasteiger partial charge in [-0.15, -0.1) is 24.8 Å². The SMILES string of the molecule is CC(CN)C(=O)NCc1nc2ccccc2n1C(C)C.Cl.Cl. The summed E-state index contributed by atoms with van der Waals surface area (Å²) in [5, 5.41) is 2.90. The van der Waals surface area contributed by atoms with Crippen molar-refractivity contribution >= 4 is 41.8 Å². The molecule has 0 aliphatic rings. The highest BCUT2D eigenvalue weighted by atomic mass is 35.5. The number of aromatic nitrogens is 2. The number of imidazole rings is 1. The monoisotopic (exact) mass is 346 g/mol. The lowest BCUT2D eigenvalue weighted by Crippen LogP contribution is -2.33. The van der Waals surface area contributed by atoms with Crippen molar-refractivity contribution in [2.75, 3.05) is 6.54 Å². The number of halogens is 2. The van der Waals surface area contributed by atoms with Crippen molar-refractivity contribution in [3.05, 3.63) is 30.1 Å². The number of amides is 1. The predicted octanol–water partition coefficient (Wildman–Crippen LogP) is 2.67. The van der Waals surface area contributed by atoms with Crippen molar-refractivity contribution in [2.24, 2.45) is 11.7 Å². The van der Waals surface area contributed by atoms with Gasteiger partial charge in [-0.05, 0) is 26.0 Å². The summed E-state index contributed by atoms with van der Waals surface area (Å²) in [5.74, 6) is 0.667. The maximum absolute atomic E-state index is 11.8. The molecule has 1 atom stereocenters. The van der Waals surface area contributed by atoms with Crippen LogP contribution in [-0.4, -0.2) is 22.0 Å². The average molecular weight is 347 g/mol. The molecule has 124 valence electrons. The Bertz CT molecular complexity index is 613. The summed E-state index contributed by atoms with van der Waals surface area (Å²) >= 11 is 0. The third-order valence-corrected chi connectivity index (χ3v) is 3.41. The number of carbonyl (C=O) groups is 1. The summed E-state index contributed by atoms with van der Waals surface area (Å²) < 4.78 is 2.16. The lowest BCUT2D eigenvalue weighted by molar-refractivity contribution is -0.124. The van der Waals surface area contributed by atoms with Crippen LogP contribution in [0.25, 0.3) is 11.0 Å². The highest BCUT2D eigenvalue weighted by molar-refractivity contribution is 5.85. The number of nitrogens with zero attached hydrogens (tertiary/aromatic N) is 2. The molecule has 7 heteroatoms. The van der Waals surface area contributed by atoms with Crippen LogP contribution in [0.15, 0.2) is 24.3 Å². The van der Waals surface area contributed by atoms with Gasteiger partial charge >= 0.3 is 0 Å². The Morgan fingerprint density at radius 1 is 1.27 bits per heavy atom.